The zero-order valence-electron chi connectivity index (χ0n) is 51.3. The molecule has 8 amide bonds. The Kier molecular flexibility index (Phi) is 24.9. The molecule has 0 spiro atoms. The van der Waals surface area contributed by atoms with Crippen molar-refractivity contribution in [2.45, 2.75) is 184 Å². The fourth-order valence-corrected chi connectivity index (χ4v) is 13.4. The van der Waals surface area contributed by atoms with Crippen molar-refractivity contribution < 1.29 is 38.4 Å². The van der Waals surface area contributed by atoms with Crippen LogP contribution in [0.25, 0.3) is 0 Å². The highest BCUT2D eigenvalue weighted by Gasteiger charge is 2.50. The van der Waals surface area contributed by atoms with E-state index in [0.717, 1.165) is 36.0 Å². The van der Waals surface area contributed by atoms with Gasteiger partial charge in [-0.15, -0.1) is 0 Å². The fraction of sp³-hybridized carbons (Fsp3) is 0.529. The Balaban J connectivity index is 0.808. The second-order valence-electron chi connectivity index (χ2n) is 24.0. The number of rotatable bonds is 30. The van der Waals surface area contributed by atoms with Gasteiger partial charge >= 0.3 is 0 Å². The largest absolute Gasteiger partial charge is 0.356 e. The molecule has 4 aliphatic rings. The van der Waals surface area contributed by atoms with E-state index in [2.05, 4.69) is 47.9 Å². The van der Waals surface area contributed by atoms with Crippen molar-refractivity contribution in [3.63, 3.8) is 0 Å². The molecule has 0 aliphatic carbocycles. The summed E-state index contributed by atoms with van der Waals surface area (Å²) in [4.78, 5) is 116. The predicted molar refractivity (Wildman–Crippen MR) is 335 cm³/mol. The third-order valence-corrected chi connectivity index (χ3v) is 18.3. The highest BCUT2D eigenvalue weighted by Crippen LogP contribution is 2.37. The van der Waals surface area contributed by atoms with Gasteiger partial charge in [-0.2, -0.15) is 0 Å². The molecule has 8 rings (SSSR count). The minimum atomic E-state index is -1.01. The molecule has 87 heavy (non-hydrogen) atoms. The summed E-state index contributed by atoms with van der Waals surface area (Å²) in [5, 5.41) is 28.1. The van der Waals surface area contributed by atoms with Gasteiger partial charge in [0.2, 0.25) is 47.3 Å². The summed E-state index contributed by atoms with van der Waals surface area (Å²) in [6, 6.07) is 32.5. The first kappa shape index (κ1) is 65.5. The second kappa shape index (κ2) is 33.0. The molecule has 0 bridgehead atoms. The Morgan fingerprint density at radius 1 is 0.494 bits per heavy atom. The number of hydrogen-bond donors (Lipinski definition) is 9. The summed E-state index contributed by atoms with van der Waals surface area (Å²) in [6.45, 7) is 5.48. The molecule has 4 saturated heterocycles. The lowest BCUT2D eigenvalue weighted by Crippen LogP contribution is -2.59. The molecule has 4 fully saturated rings. The van der Waals surface area contributed by atoms with Crippen LogP contribution in [0.5, 0.6) is 0 Å². The highest BCUT2D eigenvalue weighted by molar-refractivity contribution is 5.97. The minimum absolute atomic E-state index is 0.143. The molecule has 0 unspecified atom stereocenters. The molecule has 4 heterocycles. The van der Waals surface area contributed by atoms with Crippen molar-refractivity contribution in [2.24, 2.45) is 11.8 Å². The molecule has 0 saturated carbocycles. The van der Waals surface area contributed by atoms with Crippen LogP contribution in [-0.4, -0.2) is 139 Å². The van der Waals surface area contributed by atoms with Gasteiger partial charge in [0.25, 0.3) is 0 Å². The minimum Gasteiger partial charge on any atom is -0.356 e. The van der Waals surface area contributed by atoms with E-state index in [4.69, 9.17) is 0 Å². The van der Waals surface area contributed by atoms with Gasteiger partial charge in [-0.3, -0.25) is 38.4 Å². The van der Waals surface area contributed by atoms with Gasteiger partial charge in [0.15, 0.2) is 0 Å². The van der Waals surface area contributed by atoms with Gasteiger partial charge < -0.3 is 57.7 Å². The smallest absolute Gasteiger partial charge is 0.247 e. The molecular formula is C68H93N11O8. The quantitative estimate of drug-likeness (QED) is 0.0290. The monoisotopic (exact) mass is 1190 g/mol. The van der Waals surface area contributed by atoms with Gasteiger partial charge in [-0.25, -0.2) is 0 Å². The van der Waals surface area contributed by atoms with Gasteiger partial charge in [-0.05, 0) is 113 Å². The Bertz CT molecular complexity index is 2840. The van der Waals surface area contributed by atoms with Gasteiger partial charge in [0.1, 0.15) is 30.2 Å². The van der Waals surface area contributed by atoms with E-state index in [1.165, 1.54) is 0 Å². The van der Waals surface area contributed by atoms with Crippen LogP contribution in [-0.2, 0) is 44.9 Å². The zero-order valence-corrected chi connectivity index (χ0v) is 51.3. The van der Waals surface area contributed by atoms with Crippen molar-refractivity contribution in [1.82, 2.24) is 57.7 Å². The van der Waals surface area contributed by atoms with Crippen molar-refractivity contribution in [1.29, 1.82) is 0 Å². The number of likely N-dealkylation sites (N-methyl/N-ethyl adjacent to an activating group) is 2. The SMILES string of the molecule is CC[C@H](NC)C(=O)N[C@@H]1C(=O)N2[C@@H](CC[C@@H]1CNC(=O)CCCCCCCNC(=O)[C@@H](NC(=O)[C@@H]1CC[C@@H]3CC[C@H](CNCc4ccccc4)[C@H](NC(=O)[C@H](CC)NC)C(=O)N31)c1ccccc1)CC[C@H]2C(=O)NC(c1ccccc1)c1ccccc1. The summed E-state index contributed by atoms with van der Waals surface area (Å²) in [6.07, 6.45) is 9.84. The maximum absolute atomic E-state index is 14.8. The standard InChI is InChI=1S/C68H93N11O8/c1-5-53(69-3)62(81)76-60-49(43-71-42-45-24-14-10-15-25-45)33-35-51-38-40-56(79(51)67(60)86)65(84)75-59(48-30-20-13-21-31-48)66(85)72-41-23-9-7-8-22-32-57(80)73-44-50-34-36-52-37-39-55(78(52)68(87)61(50)77-63(82)54(6-2)70-4)64(83)74-58(46-26-16-11-17-27-46)47-28-18-12-19-29-47/h10-21,24-31,49-56,58-61,69-71H,5-9,22-23,32-44H2,1-4H3,(H,72,85)(H,73,80)(H,74,83)(H,75,84)(H,76,81)(H,77,82)/t49-,50-,51+,52+,53+,54+,55+,56+,59+,60+,61+/m1/s1. The zero-order chi connectivity index (χ0) is 61.7. The highest BCUT2D eigenvalue weighted by atomic mass is 16.2. The van der Waals surface area contributed by atoms with Crippen molar-refractivity contribution in [3.8, 4) is 0 Å². The van der Waals surface area contributed by atoms with E-state index in [0.29, 0.717) is 102 Å². The van der Waals surface area contributed by atoms with Gasteiger partial charge in [0, 0.05) is 56.5 Å². The average molecular weight is 1190 g/mol. The second-order valence-corrected chi connectivity index (χ2v) is 24.0. The van der Waals surface area contributed by atoms with E-state index in [1.54, 1.807) is 36.0 Å². The van der Waals surface area contributed by atoms with Crippen LogP contribution >= 0.6 is 0 Å². The predicted octanol–water partition coefficient (Wildman–Crippen LogP) is 5.62. The maximum Gasteiger partial charge on any atom is 0.247 e. The van der Waals surface area contributed by atoms with Crippen LogP contribution in [0.3, 0.4) is 0 Å². The van der Waals surface area contributed by atoms with Gasteiger partial charge in [-0.1, -0.05) is 154 Å². The first-order chi connectivity index (χ1) is 42.3. The van der Waals surface area contributed by atoms with Crippen molar-refractivity contribution in [2.75, 3.05) is 33.7 Å². The summed E-state index contributed by atoms with van der Waals surface area (Å²) in [5.41, 5.74) is 3.57. The Morgan fingerprint density at radius 2 is 0.943 bits per heavy atom. The number of nitrogens with zero attached hydrogens (tertiary/aromatic N) is 2. The first-order valence-electron chi connectivity index (χ1n) is 32.0. The molecule has 4 aromatic rings. The van der Waals surface area contributed by atoms with Crippen LogP contribution in [0.4, 0.5) is 0 Å². The van der Waals surface area contributed by atoms with E-state index in [-0.39, 0.29) is 72.3 Å². The summed E-state index contributed by atoms with van der Waals surface area (Å²) < 4.78 is 0. The number of carbonyl (C=O) groups is 8. The Hall–Kier alpha value is -7.48. The lowest BCUT2D eigenvalue weighted by atomic mass is 9.92. The number of benzene rings is 4. The Morgan fingerprint density at radius 3 is 1.45 bits per heavy atom. The van der Waals surface area contributed by atoms with Gasteiger partial charge in [0.05, 0.1) is 18.1 Å². The van der Waals surface area contributed by atoms with E-state index >= 15 is 0 Å². The summed E-state index contributed by atoms with van der Waals surface area (Å²) in [7, 11) is 3.43. The van der Waals surface area contributed by atoms with Crippen LogP contribution in [0.1, 0.15) is 151 Å². The number of fused-ring (bicyclic) bond motifs is 2. The van der Waals surface area contributed by atoms with E-state index in [1.807, 2.05) is 123 Å². The van der Waals surface area contributed by atoms with E-state index < -0.39 is 60.2 Å². The number of nitrogens with one attached hydrogen (secondary N) is 9. The molecule has 9 N–H and O–H groups in total. The van der Waals surface area contributed by atoms with Crippen molar-refractivity contribution in [3.05, 3.63) is 144 Å². The van der Waals surface area contributed by atoms with Crippen molar-refractivity contribution >= 4 is 47.3 Å². The normalized spacial score (nSPS) is 22.8. The molecule has 0 aromatic heterocycles. The maximum atomic E-state index is 14.8. The number of hydrogen-bond acceptors (Lipinski definition) is 11. The summed E-state index contributed by atoms with van der Waals surface area (Å²) in [5.74, 6) is -2.92. The molecule has 19 heteroatoms. The molecule has 4 aromatic carbocycles. The average Bonchev–Trinajstić information content (AvgIpc) is 1.96. The van der Waals surface area contributed by atoms with E-state index in [9.17, 15) is 38.4 Å². The van der Waals surface area contributed by atoms with Crippen LogP contribution < -0.4 is 47.9 Å². The Labute approximate surface area is 513 Å². The lowest BCUT2D eigenvalue weighted by Gasteiger charge is -2.33. The molecular weight excluding hydrogens is 1100 g/mol. The first-order valence-corrected chi connectivity index (χ1v) is 32.0. The topological polar surface area (TPSA) is 251 Å². The lowest BCUT2D eigenvalue weighted by molar-refractivity contribution is -0.144. The molecule has 19 nitrogen and oxygen atoms in total. The molecule has 4 aliphatic heterocycles. The molecule has 468 valence electrons. The molecule has 11 atom stereocenters. The number of amides is 8. The van der Waals surface area contributed by atoms with Crippen LogP contribution in [0.15, 0.2) is 121 Å². The third kappa shape index (κ3) is 17.4. The third-order valence-electron chi connectivity index (χ3n) is 18.3. The fourth-order valence-electron chi connectivity index (χ4n) is 13.4. The molecule has 0 radical (unpaired) electrons. The van der Waals surface area contributed by atoms with Crippen LogP contribution in [0, 0.1) is 11.8 Å². The number of carbonyl (C=O) groups excluding carboxylic acids is 8. The van der Waals surface area contributed by atoms with Crippen LogP contribution in [0.2, 0.25) is 0 Å². The number of unbranched alkanes of at least 4 members (excludes halogenated alkanes) is 4. The summed E-state index contributed by atoms with van der Waals surface area (Å²) >= 11 is 0.